The van der Waals surface area contributed by atoms with E-state index in [1.54, 1.807) is 24.6 Å². The maximum absolute atomic E-state index is 12.8. The van der Waals surface area contributed by atoms with E-state index in [0.29, 0.717) is 56.6 Å². The van der Waals surface area contributed by atoms with Gasteiger partial charge in [0.25, 0.3) is 0 Å². The maximum atomic E-state index is 12.8. The third-order valence-electron chi connectivity index (χ3n) is 7.08. The summed E-state index contributed by atoms with van der Waals surface area (Å²) in [4.78, 5) is 20.5. The lowest BCUT2D eigenvalue weighted by molar-refractivity contribution is -0.143. The second kappa shape index (κ2) is 11.8. The van der Waals surface area contributed by atoms with Crippen molar-refractivity contribution in [3.63, 3.8) is 0 Å². The number of nitrogens with one attached hydrogen (secondary N) is 1. The Bertz CT molecular complexity index is 1240. The summed E-state index contributed by atoms with van der Waals surface area (Å²) < 4.78 is 5.37. The first-order chi connectivity index (χ1) is 17.5. The molecule has 0 bridgehead atoms. The molecule has 0 spiro atoms. The van der Waals surface area contributed by atoms with Crippen LogP contribution in [0.1, 0.15) is 47.8 Å². The summed E-state index contributed by atoms with van der Waals surface area (Å²) in [6.45, 7) is 2.23. The lowest BCUT2D eigenvalue weighted by Gasteiger charge is -2.40. The quantitative estimate of drug-likeness (QED) is 0.209. The van der Waals surface area contributed by atoms with Crippen LogP contribution < -0.4 is 16.0 Å². The predicted octanol–water partition coefficient (Wildman–Crippen LogP) is 3.22. The molecule has 1 fully saturated rings. The molecule has 1 aliphatic rings. The number of amides is 1. The van der Waals surface area contributed by atoms with Gasteiger partial charge in [-0.3, -0.25) is 19.9 Å². The molecule has 0 unspecified atom stereocenters. The zero-order valence-corrected chi connectivity index (χ0v) is 21.2. The van der Waals surface area contributed by atoms with Crippen molar-refractivity contribution in [3.05, 3.63) is 57.9 Å². The van der Waals surface area contributed by atoms with E-state index < -0.39 is 17.4 Å². The fourth-order valence-electron chi connectivity index (χ4n) is 4.91. The van der Waals surface area contributed by atoms with Crippen molar-refractivity contribution in [1.29, 1.82) is 0 Å². The number of rotatable bonds is 8. The largest absolute Gasteiger partial charge is 0.497 e. The zero-order chi connectivity index (χ0) is 25.5. The number of hydrogen-bond donors (Lipinski definition) is 4. The van der Waals surface area contributed by atoms with Gasteiger partial charge in [-0.1, -0.05) is 17.9 Å². The van der Waals surface area contributed by atoms with E-state index in [2.05, 4.69) is 21.7 Å². The first-order valence-corrected chi connectivity index (χ1v) is 12.9. The number of hydroxylamine groups is 1. The van der Waals surface area contributed by atoms with Crippen LogP contribution in [0.25, 0.3) is 10.9 Å². The van der Waals surface area contributed by atoms with Crippen LogP contribution in [0.15, 0.2) is 41.9 Å². The average molecular weight is 509 g/mol. The van der Waals surface area contributed by atoms with Crippen molar-refractivity contribution in [2.75, 3.05) is 26.7 Å². The van der Waals surface area contributed by atoms with E-state index in [4.69, 9.17) is 10.5 Å². The fraction of sp³-hybridized carbons (Fsp3) is 0.407. The van der Waals surface area contributed by atoms with Crippen molar-refractivity contribution in [3.8, 4) is 17.6 Å². The number of carbonyl (C=O) groups excluding carboxylic acids is 1. The van der Waals surface area contributed by atoms with Gasteiger partial charge in [0, 0.05) is 31.2 Å². The molecule has 1 aromatic carbocycles. The number of methoxy groups -OCH3 is 1. The lowest BCUT2D eigenvalue weighted by atomic mass is 9.73. The number of benzene rings is 1. The number of aliphatic hydroxyl groups excluding tert-OH is 1. The first-order valence-electron chi connectivity index (χ1n) is 12.0. The van der Waals surface area contributed by atoms with Crippen LogP contribution in [0.4, 0.5) is 0 Å². The molecule has 1 aliphatic heterocycles. The second-order valence-corrected chi connectivity index (χ2v) is 10.1. The highest BCUT2D eigenvalue weighted by Gasteiger charge is 2.41. The Labute approximate surface area is 215 Å². The van der Waals surface area contributed by atoms with Gasteiger partial charge in [0.05, 0.1) is 35.6 Å². The number of hydrogen-bond acceptors (Lipinski definition) is 8. The fourth-order valence-corrected chi connectivity index (χ4v) is 5.50. The van der Waals surface area contributed by atoms with Crippen LogP contribution >= 0.6 is 11.3 Å². The highest BCUT2D eigenvalue weighted by atomic mass is 32.1. The van der Waals surface area contributed by atoms with E-state index in [0.717, 1.165) is 21.3 Å². The van der Waals surface area contributed by atoms with Crippen LogP contribution in [0.3, 0.4) is 0 Å². The van der Waals surface area contributed by atoms with Gasteiger partial charge in [-0.15, -0.1) is 11.3 Å². The Morgan fingerprint density at radius 1 is 1.36 bits per heavy atom. The van der Waals surface area contributed by atoms with Gasteiger partial charge in [-0.2, -0.15) is 0 Å². The summed E-state index contributed by atoms with van der Waals surface area (Å²) in [5, 5.41) is 23.6. The molecule has 0 saturated carbocycles. The van der Waals surface area contributed by atoms with Crippen LogP contribution in [0.2, 0.25) is 0 Å². The Hall–Kier alpha value is -3.00. The number of pyridine rings is 1. The molecule has 190 valence electrons. The summed E-state index contributed by atoms with van der Waals surface area (Å²) in [5.74, 6) is 6.64. The minimum atomic E-state index is -0.848. The number of aromatic nitrogens is 1. The predicted molar refractivity (Wildman–Crippen MR) is 140 cm³/mol. The molecule has 36 heavy (non-hydrogen) atoms. The number of fused-ring (bicyclic) bond motifs is 1. The zero-order valence-electron chi connectivity index (χ0n) is 20.4. The number of carbonyl (C=O) groups is 1. The Morgan fingerprint density at radius 2 is 2.17 bits per heavy atom. The maximum Gasteiger partial charge on any atom is 0.249 e. The van der Waals surface area contributed by atoms with Gasteiger partial charge in [0.1, 0.15) is 5.75 Å². The SMILES string of the molecule is COc1ccc2ncc(CN)c([C@H](O)CCC3(C(=O)NO)CCN(CC#Cc4cccs4)CC3)c2c1. The van der Waals surface area contributed by atoms with Crippen LogP contribution in [-0.4, -0.2) is 52.8 Å². The Kier molecular flexibility index (Phi) is 8.56. The van der Waals surface area contributed by atoms with E-state index in [9.17, 15) is 15.1 Å². The minimum absolute atomic E-state index is 0.232. The number of piperidine rings is 1. The number of likely N-dealkylation sites (tertiary alicyclic amines) is 1. The summed E-state index contributed by atoms with van der Waals surface area (Å²) in [6.07, 6.45) is 2.75. The highest BCUT2D eigenvalue weighted by molar-refractivity contribution is 7.10. The standard InChI is InChI=1S/C27H32N4O4S/c1-35-20-6-7-23-22(16-20)25(19(17-28)18-29-23)24(32)8-9-27(26(33)30-34)10-13-31(14-11-27)12-2-4-21-5-3-15-36-21/h3,5-7,15-16,18,24,32,34H,8-14,17,28H2,1H3,(H,30,33)/t24-/m1/s1. The third-order valence-corrected chi connectivity index (χ3v) is 7.87. The molecule has 8 nitrogen and oxygen atoms in total. The molecular formula is C27H32N4O4S. The second-order valence-electron chi connectivity index (χ2n) is 9.12. The van der Waals surface area contributed by atoms with Crippen molar-refractivity contribution < 1.29 is 19.8 Å². The average Bonchev–Trinajstić information content (AvgIpc) is 3.44. The van der Waals surface area contributed by atoms with Crippen LogP contribution in [0, 0.1) is 17.3 Å². The summed E-state index contributed by atoms with van der Waals surface area (Å²) in [7, 11) is 1.59. The molecule has 3 heterocycles. The molecule has 9 heteroatoms. The van der Waals surface area contributed by atoms with Crippen LogP contribution in [-0.2, 0) is 11.3 Å². The molecule has 1 saturated heterocycles. The number of nitrogens with zero attached hydrogens (tertiary/aromatic N) is 2. The lowest BCUT2D eigenvalue weighted by Crippen LogP contribution is -2.48. The number of ether oxygens (including phenoxy) is 1. The van der Waals surface area contributed by atoms with Crippen molar-refractivity contribution in [1.82, 2.24) is 15.4 Å². The van der Waals surface area contributed by atoms with E-state index in [1.807, 2.05) is 41.2 Å². The van der Waals surface area contributed by atoms with Gasteiger partial charge in [0.15, 0.2) is 0 Å². The molecule has 3 aromatic rings. The monoisotopic (exact) mass is 508 g/mol. The Morgan fingerprint density at radius 3 is 2.83 bits per heavy atom. The summed E-state index contributed by atoms with van der Waals surface area (Å²) in [6, 6.07) is 9.50. The molecule has 4 rings (SSSR count). The van der Waals surface area contributed by atoms with Crippen LogP contribution in [0.5, 0.6) is 5.75 Å². The normalized spacial score (nSPS) is 16.2. The van der Waals surface area contributed by atoms with E-state index in [1.165, 1.54) is 0 Å². The van der Waals surface area contributed by atoms with E-state index in [-0.39, 0.29) is 6.54 Å². The van der Waals surface area contributed by atoms with Gasteiger partial charge in [0.2, 0.25) is 5.91 Å². The van der Waals surface area contributed by atoms with Crippen molar-refractivity contribution in [2.45, 2.75) is 38.3 Å². The number of aliphatic hydroxyl groups is 1. The van der Waals surface area contributed by atoms with Crippen molar-refractivity contribution >= 4 is 28.1 Å². The number of thiophene rings is 1. The summed E-state index contributed by atoms with van der Waals surface area (Å²) >= 11 is 1.61. The molecule has 0 aliphatic carbocycles. The third kappa shape index (κ3) is 5.69. The molecular weight excluding hydrogens is 476 g/mol. The van der Waals surface area contributed by atoms with Gasteiger partial charge >= 0.3 is 0 Å². The summed E-state index contributed by atoms with van der Waals surface area (Å²) in [5.41, 5.74) is 9.28. The van der Waals surface area contributed by atoms with Gasteiger partial charge < -0.3 is 15.6 Å². The van der Waals surface area contributed by atoms with E-state index >= 15 is 0 Å². The molecule has 0 radical (unpaired) electrons. The Balaban J connectivity index is 1.48. The highest BCUT2D eigenvalue weighted by Crippen LogP contribution is 2.40. The smallest absolute Gasteiger partial charge is 0.249 e. The first kappa shape index (κ1) is 26.1. The minimum Gasteiger partial charge on any atom is -0.497 e. The number of nitrogens with two attached hydrogens (primary N) is 1. The molecule has 5 N–H and O–H groups in total. The molecule has 1 amide bonds. The molecule has 2 aromatic heterocycles. The molecule has 1 atom stereocenters. The van der Waals surface area contributed by atoms with Gasteiger partial charge in [-0.05, 0) is 66.5 Å². The van der Waals surface area contributed by atoms with Crippen molar-refractivity contribution in [2.24, 2.45) is 11.1 Å². The van der Waals surface area contributed by atoms with Gasteiger partial charge in [-0.25, -0.2) is 5.48 Å². The topological polar surface area (TPSA) is 121 Å².